The van der Waals surface area contributed by atoms with Crippen LogP contribution in [-0.2, 0) is 6.54 Å². The Morgan fingerprint density at radius 3 is 2.41 bits per heavy atom. The maximum atomic E-state index is 13.1. The summed E-state index contributed by atoms with van der Waals surface area (Å²) in [7, 11) is 0. The van der Waals surface area contributed by atoms with Gasteiger partial charge in [-0.15, -0.1) is 0 Å². The predicted molar refractivity (Wildman–Crippen MR) is 141 cm³/mol. The van der Waals surface area contributed by atoms with E-state index >= 15 is 0 Å². The van der Waals surface area contributed by atoms with Gasteiger partial charge >= 0.3 is 6.03 Å². The first-order valence-corrected chi connectivity index (χ1v) is 12.8. The van der Waals surface area contributed by atoms with Crippen LogP contribution in [0.1, 0.15) is 56.1 Å². The van der Waals surface area contributed by atoms with Crippen molar-refractivity contribution in [2.45, 2.75) is 51.5 Å². The molecule has 1 aliphatic carbocycles. The summed E-state index contributed by atoms with van der Waals surface area (Å²) in [5.41, 5.74) is 6.86. The van der Waals surface area contributed by atoms with E-state index in [9.17, 15) is 4.79 Å². The molecular weight excluding hydrogens is 418 g/mol. The number of rotatable bonds is 4. The topological polar surface area (TPSA) is 44.4 Å². The first kappa shape index (κ1) is 22.7. The van der Waals surface area contributed by atoms with Gasteiger partial charge in [0.2, 0.25) is 0 Å². The van der Waals surface area contributed by atoms with E-state index in [-0.39, 0.29) is 6.03 Å². The van der Waals surface area contributed by atoms with Gasteiger partial charge in [-0.2, -0.15) is 0 Å². The first-order valence-electron chi connectivity index (χ1n) is 12.8. The standard InChI is InChI=1S/C30H35N3O/c1-2-22-8-10-23(11-9-22)24-12-14-25(15-13-24)26-16-17-29-27(20-26)21-31-18-19-33(29)30(34)32-28-6-4-3-5-7-28/h3-7,12-17,20,22-23,31H,2,8-11,18-19,21H2,1H3,(H,32,34). The number of carbonyl (C=O) groups excluding carboxylic acids is 1. The molecule has 4 heteroatoms. The number of nitrogens with one attached hydrogen (secondary N) is 2. The molecule has 176 valence electrons. The van der Waals surface area contributed by atoms with E-state index in [2.05, 4.69) is 60.0 Å². The maximum Gasteiger partial charge on any atom is 0.326 e. The van der Waals surface area contributed by atoms with Crippen molar-refractivity contribution in [1.29, 1.82) is 0 Å². The number of para-hydroxylation sites is 1. The van der Waals surface area contributed by atoms with Gasteiger partial charge in [0, 0.05) is 31.0 Å². The molecule has 1 fully saturated rings. The van der Waals surface area contributed by atoms with Crippen molar-refractivity contribution in [2.75, 3.05) is 23.3 Å². The van der Waals surface area contributed by atoms with Crippen molar-refractivity contribution in [1.82, 2.24) is 5.32 Å². The van der Waals surface area contributed by atoms with Gasteiger partial charge in [0.1, 0.15) is 0 Å². The molecule has 0 atom stereocenters. The van der Waals surface area contributed by atoms with Gasteiger partial charge in [0.25, 0.3) is 0 Å². The van der Waals surface area contributed by atoms with E-state index in [1.54, 1.807) is 0 Å². The second-order valence-electron chi connectivity index (χ2n) is 9.72. The number of fused-ring (bicyclic) bond motifs is 1. The molecule has 0 unspecified atom stereocenters. The molecular formula is C30H35N3O. The zero-order valence-corrected chi connectivity index (χ0v) is 20.1. The number of amides is 2. The van der Waals surface area contributed by atoms with Crippen LogP contribution in [0.25, 0.3) is 11.1 Å². The van der Waals surface area contributed by atoms with Crippen LogP contribution < -0.4 is 15.5 Å². The molecule has 1 heterocycles. The SMILES string of the molecule is CCC1CCC(c2ccc(-c3ccc4c(c3)CNCCN4C(=O)Nc3ccccc3)cc2)CC1. The fourth-order valence-electron chi connectivity index (χ4n) is 5.48. The van der Waals surface area contributed by atoms with E-state index in [0.717, 1.165) is 35.9 Å². The summed E-state index contributed by atoms with van der Waals surface area (Å²) in [6.07, 6.45) is 6.71. The number of urea groups is 1. The molecule has 0 bridgehead atoms. The smallest absolute Gasteiger partial charge is 0.311 e. The summed E-state index contributed by atoms with van der Waals surface area (Å²) in [5, 5.41) is 6.50. The molecule has 2 aliphatic rings. The van der Waals surface area contributed by atoms with Crippen molar-refractivity contribution >= 4 is 17.4 Å². The average molecular weight is 454 g/mol. The van der Waals surface area contributed by atoms with Crippen LogP contribution in [0.15, 0.2) is 72.8 Å². The summed E-state index contributed by atoms with van der Waals surface area (Å²) in [5.74, 6) is 1.64. The molecule has 3 aromatic carbocycles. The molecule has 34 heavy (non-hydrogen) atoms. The Labute approximate surface area is 203 Å². The van der Waals surface area contributed by atoms with Gasteiger partial charge in [-0.05, 0) is 84.0 Å². The van der Waals surface area contributed by atoms with Crippen molar-refractivity contribution in [2.24, 2.45) is 5.92 Å². The molecule has 2 N–H and O–H groups in total. The molecule has 0 spiro atoms. The van der Waals surface area contributed by atoms with E-state index < -0.39 is 0 Å². The highest BCUT2D eigenvalue weighted by atomic mass is 16.2. The lowest BCUT2D eigenvalue weighted by molar-refractivity contribution is 0.257. The Bertz CT molecular complexity index is 1100. The van der Waals surface area contributed by atoms with Crippen molar-refractivity contribution < 1.29 is 4.79 Å². The highest BCUT2D eigenvalue weighted by Crippen LogP contribution is 2.38. The number of hydrogen-bond acceptors (Lipinski definition) is 2. The minimum Gasteiger partial charge on any atom is -0.311 e. The van der Waals surface area contributed by atoms with E-state index in [0.29, 0.717) is 12.5 Å². The van der Waals surface area contributed by atoms with E-state index in [1.165, 1.54) is 48.8 Å². The maximum absolute atomic E-state index is 13.1. The monoisotopic (exact) mass is 453 g/mol. The fourth-order valence-corrected chi connectivity index (χ4v) is 5.48. The van der Waals surface area contributed by atoms with Crippen LogP contribution in [0.2, 0.25) is 0 Å². The minimum absolute atomic E-state index is 0.0916. The summed E-state index contributed by atoms with van der Waals surface area (Å²) < 4.78 is 0. The van der Waals surface area contributed by atoms with Gasteiger partial charge in [-0.3, -0.25) is 4.90 Å². The molecule has 3 aromatic rings. The van der Waals surface area contributed by atoms with Gasteiger partial charge in [-0.1, -0.05) is 61.9 Å². The summed E-state index contributed by atoms with van der Waals surface area (Å²) >= 11 is 0. The van der Waals surface area contributed by atoms with Crippen LogP contribution >= 0.6 is 0 Å². The molecule has 0 aromatic heterocycles. The van der Waals surface area contributed by atoms with Crippen LogP contribution in [0.5, 0.6) is 0 Å². The summed E-state index contributed by atoms with van der Waals surface area (Å²) in [6.45, 7) is 4.49. The highest BCUT2D eigenvalue weighted by Gasteiger charge is 2.23. The van der Waals surface area contributed by atoms with Gasteiger partial charge in [0.15, 0.2) is 0 Å². The number of carbonyl (C=O) groups is 1. The fraction of sp³-hybridized carbons (Fsp3) is 0.367. The highest BCUT2D eigenvalue weighted by molar-refractivity contribution is 6.02. The quantitative estimate of drug-likeness (QED) is 0.439. The number of nitrogens with zero attached hydrogens (tertiary/aromatic N) is 1. The Kier molecular flexibility index (Phi) is 6.96. The normalized spacial score (nSPS) is 20.3. The third kappa shape index (κ3) is 5.02. The average Bonchev–Trinajstić information content (AvgIpc) is 3.11. The largest absolute Gasteiger partial charge is 0.326 e. The van der Waals surface area contributed by atoms with Crippen molar-refractivity contribution in [3.8, 4) is 11.1 Å². The molecule has 5 rings (SSSR count). The zero-order valence-electron chi connectivity index (χ0n) is 20.1. The molecule has 2 amide bonds. The van der Waals surface area contributed by atoms with Crippen LogP contribution in [0, 0.1) is 5.92 Å². The van der Waals surface area contributed by atoms with Crippen LogP contribution in [0.3, 0.4) is 0 Å². The molecule has 1 aliphatic heterocycles. The van der Waals surface area contributed by atoms with Crippen molar-refractivity contribution in [3.05, 3.63) is 83.9 Å². The lowest BCUT2D eigenvalue weighted by Gasteiger charge is -2.28. The van der Waals surface area contributed by atoms with Gasteiger partial charge in [0.05, 0.1) is 0 Å². The zero-order chi connectivity index (χ0) is 23.3. The molecule has 0 radical (unpaired) electrons. The molecule has 4 nitrogen and oxygen atoms in total. The third-order valence-corrected chi connectivity index (χ3v) is 7.61. The Morgan fingerprint density at radius 1 is 0.941 bits per heavy atom. The predicted octanol–water partition coefficient (Wildman–Crippen LogP) is 7.18. The second kappa shape index (κ2) is 10.4. The second-order valence-corrected chi connectivity index (χ2v) is 9.72. The number of benzene rings is 3. The van der Waals surface area contributed by atoms with E-state index in [1.807, 2.05) is 35.2 Å². The lowest BCUT2D eigenvalue weighted by Crippen LogP contribution is -2.38. The Hall–Kier alpha value is -3.11. The lowest BCUT2D eigenvalue weighted by atomic mass is 9.77. The summed E-state index contributed by atoms with van der Waals surface area (Å²) in [6, 6.07) is 25.2. The third-order valence-electron chi connectivity index (χ3n) is 7.61. The van der Waals surface area contributed by atoms with Crippen LogP contribution in [-0.4, -0.2) is 19.1 Å². The van der Waals surface area contributed by atoms with Crippen LogP contribution in [0.4, 0.5) is 16.2 Å². The molecule has 1 saturated carbocycles. The number of anilines is 2. The number of hydrogen-bond donors (Lipinski definition) is 2. The van der Waals surface area contributed by atoms with Gasteiger partial charge in [-0.25, -0.2) is 4.79 Å². The first-order chi connectivity index (χ1) is 16.7. The van der Waals surface area contributed by atoms with Gasteiger partial charge < -0.3 is 10.6 Å². The summed E-state index contributed by atoms with van der Waals surface area (Å²) in [4.78, 5) is 14.9. The van der Waals surface area contributed by atoms with Crippen molar-refractivity contribution in [3.63, 3.8) is 0 Å². The molecule has 0 saturated heterocycles. The Balaban J connectivity index is 1.33. The van der Waals surface area contributed by atoms with E-state index in [4.69, 9.17) is 0 Å². The minimum atomic E-state index is -0.0916. The Morgan fingerprint density at radius 2 is 1.68 bits per heavy atom.